The van der Waals surface area contributed by atoms with E-state index in [1.807, 2.05) is 0 Å². The van der Waals surface area contributed by atoms with Crippen molar-refractivity contribution in [3.8, 4) is 0 Å². The van der Waals surface area contributed by atoms with Crippen molar-refractivity contribution < 1.29 is 0 Å². The minimum atomic E-state index is 0.782. The highest BCUT2D eigenvalue weighted by atomic mass is 15.3. The molecule has 0 radical (unpaired) electrons. The number of fused-ring (bicyclic) bond motifs is 2. The van der Waals surface area contributed by atoms with Crippen LogP contribution in [0, 0.1) is 0 Å². The van der Waals surface area contributed by atoms with Gasteiger partial charge >= 0.3 is 0 Å². The Kier molecular flexibility index (Phi) is 3.92. The summed E-state index contributed by atoms with van der Waals surface area (Å²) in [6, 6.07) is 3.46. The molecule has 1 N–H and O–H groups in total. The lowest BCUT2D eigenvalue weighted by Gasteiger charge is -2.39. The molecule has 2 heterocycles. The minimum Gasteiger partial charge on any atom is -0.317 e. The average Bonchev–Trinajstić information content (AvgIpc) is 3.18. The third-order valence-corrected chi connectivity index (χ3v) is 5.41. The Labute approximate surface area is 112 Å². The van der Waals surface area contributed by atoms with Gasteiger partial charge in [0.2, 0.25) is 0 Å². The first-order chi connectivity index (χ1) is 8.81. The summed E-state index contributed by atoms with van der Waals surface area (Å²) in [5.41, 5.74) is 0. The van der Waals surface area contributed by atoms with E-state index in [4.69, 9.17) is 0 Å². The van der Waals surface area contributed by atoms with Gasteiger partial charge in [0.15, 0.2) is 0 Å². The van der Waals surface area contributed by atoms with E-state index in [1.54, 1.807) is 0 Å². The topological polar surface area (TPSA) is 18.5 Å². The van der Waals surface area contributed by atoms with Crippen molar-refractivity contribution in [1.29, 1.82) is 0 Å². The highest BCUT2D eigenvalue weighted by Gasteiger charge is 2.40. The molecular formula is C15H29N3. The summed E-state index contributed by atoms with van der Waals surface area (Å²) >= 11 is 0. The first-order valence-corrected chi connectivity index (χ1v) is 7.99. The van der Waals surface area contributed by atoms with Crippen molar-refractivity contribution in [3.63, 3.8) is 0 Å². The van der Waals surface area contributed by atoms with Crippen LogP contribution in [0.3, 0.4) is 0 Å². The van der Waals surface area contributed by atoms with Gasteiger partial charge in [0.1, 0.15) is 0 Å². The molecule has 1 aliphatic carbocycles. The van der Waals surface area contributed by atoms with E-state index < -0.39 is 0 Å². The number of likely N-dealkylation sites (N-methyl/N-ethyl adjacent to an activating group) is 1. The monoisotopic (exact) mass is 251 g/mol. The summed E-state index contributed by atoms with van der Waals surface area (Å²) in [4.78, 5) is 5.53. The Balaban J connectivity index is 1.51. The second-order valence-electron chi connectivity index (χ2n) is 6.44. The maximum atomic E-state index is 3.49. The maximum Gasteiger partial charge on any atom is 0.0115 e. The van der Waals surface area contributed by atoms with Gasteiger partial charge in [-0.3, -0.25) is 9.80 Å². The van der Waals surface area contributed by atoms with Crippen LogP contribution in [-0.4, -0.2) is 60.6 Å². The first kappa shape index (κ1) is 12.9. The molecule has 2 aliphatic heterocycles. The standard InChI is InChI=1S/C15H29N3/c1-3-17(13-4-5-13)8-9-18-14-6-7-15(18)11-12(10-14)16-2/h12-16H,3-11H2,1-2H3. The van der Waals surface area contributed by atoms with Crippen LogP contribution in [0.25, 0.3) is 0 Å². The van der Waals surface area contributed by atoms with Crippen LogP contribution in [0.2, 0.25) is 0 Å². The molecule has 2 bridgehead atoms. The summed E-state index contributed by atoms with van der Waals surface area (Å²) in [7, 11) is 2.13. The first-order valence-electron chi connectivity index (χ1n) is 7.99. The van der Waals surface area contributed by atoms with Crippen LogP contribution in [0.5, 0.6) is 0 Å². The lowest BCUT2D eigenvalue weighted by atomic mass is 9.97. The Morgan fingerprint density at radius 2 is 1.78 bits per heavy atom. The number of hydrogen-bond acceptors (Lipinski definition) is 3. The van der Waals surface area contributed by atoms with Gasteiger partial charge in [0.05, 0.1) is 0 Å². The van der Waals surface area contributed by atoms with E-state index in [-0.39, 0.29) is 0 Å². The van der Waals surface area contributed by atoms with Crippen LogP contribution < -0.4 is 5.32 Å². The zero-order valence-electron chi connectivity index (χ0n) is 12.1. The van der Waals surface area contributed by atoms with E-state index in [2.05, 4.69) is 29.1 Å². The summed E-state index contributed by atoms with van der Waals surface area (Å²) in [6.07, 6.45) is 8.53. The SMILES string of the molecule is CCN(CCN1C2CCC1CC(NC)C2)C1CC1. The van der Waals surface area contributed by atoms with Gasteiger partial charge in [0, 0.05) is 37.3 Å². The molecule has 2 unspecified atom stereocenters. The number of nitrogens with zero attached hydrogens (tertiary/aromatic N) is 2. The Morgan fingerprint density at radius 3 is 2.28 bits per heavy atom. The highest BCUT2D eigenvalue weighted by Crippen LogP contribution is 2.35. The largest absolute Gasteiger partial charge is 0.317 e. The van der Waals surface area contributed by atoms with Crippen molar-refractivity contribution in [3.05, 3.63) is 0 Å². The van der Waals surface area contributed by atoms with Crippen LogP contribution in [0.1, 0.15) is 45.4 Å². The van der Waals surface area contributed by atoms with Crippen molar-refractivity contribution >= 4 is 0 Å². The van der Waals surface area contributed by atoms with Gasteiger partial charge in [-0.25, -0.2) is 0 Å². The van der Waals surface area contributed by atoms with Gasteiger partial charge in [-0.05, 0) is 52.1 Å². The summed E-state index contributed by atoms with van der Waals surface area (Å²) in [6.45, 7) is 6.18. The third kappa shape index (κ3) is 2.59. The predicted molar refractivity (Wildman–Crippen MR) is 75.9 cm³/mol. The smallest absolute Gasteiger partial charge is 0.0115 e. The molecule has 104 valence electrons. The predicted octanol–water partition coefficient (Wildman–Crippen LogP) is 1.69. The normalized spacial score (nSPS) is 36.5. The lowest BCUT2D eigenvalue weighted by molar-refractivity contribution is 0.101. The number of hydrogen-bond donors (Lipinski definition) is 1. The fraction of sp³-hybridized carbons (Fsp3) is 1.00. The molecule has 2 atom stereocenters. The molecule has 1 saturated carbocycles. The number of piperidine rings is 1. The molecule has 0 aromatic heterocycles. The Bertz CT molecular complexity index is 263. The molecule has 3 aliphatic rings. The molecule has 0 amide bonds. The molecule has 0 aromatic carbocycles. The second kappa shape index (κ2) is 5.48. The van der Waals surface area contributed by atoms with Gasteiger partial charge in [-0.15, -0.1) is 0 Å². The van der Waals surface area contributed by atoms with E-state index in [1.165, 1.54) is 58.2 Å². The minimum absolute atomic E-state index is 0.782. The second-order valence-corrected chi connectivity index (χ2v) is 6.44. The Morgan fingerprint density at radius 1 is 1.11 bits per heavy atom. The maximum absolute atomic E-state index is 3.49. The van der Waals surface area contributed by atoms with E-state index in [0.29, 0.717) is 0 Å². The highest BCUT2D eigenvalue weighted by molar-refractivity contribution is 4.97. The molecule has 0 spiro atoms. The molecule has 3 nitrogen and oxygen atoms in total. The summed E-state index contributed by atoms with van der Waals surface area (Å²) < 4.78 is 0. The fourth-order valence-corrected chi connectivity index (χ4v) is 4.16. The van der Waals surface area contributed by atoms with Crippen molar-refractivity contribution in [2.24, 2.45) is 0 Å². The van der Waals surface area contributed by atoms with Crippen molar-refractivity contribution in [1.82, 2.24) is 15.1 Å². The van der Waals surface area contributed by atoms with Crippen LogP contribution in [0.4, 0.5) is 0 Å². The van der Waals surface area contributed by atoms with E-state index >= 15 is 0 Å². The summed E-state index contributed by atoms with van der Waals surface area (Å²) in [5.74, 6) is 0. The summed E-state index contributed by atoms with van der Waals surface area (Å²) in [5, 5.41) is 3.49. The quantitative estimate of drug-likeness (QED) is 0.775. The fourth-order valence-electron chi connectivity index (χ4n) is 4.16. The van der Waals surface area contributed by atoms with Crippen LogP contribution in [0.15, 0.2) is 0 Å². The molecule has 3 rings (SSSR count). The van der Waals surface area contributed by atoms with Crippen molar-refractivity contribution in [2.45, 2.75) is 69.6 Å². The van der Waals surface area contributed by atoms with Crippen LogP contribution >= 0.6 is 0 Å². The van der Waals surface area contributed by atoms with E-state index in [9.17, 15) is 0 Å². The third-order valence-electron chi connectivity index (χ3n) is 5.41. The Hall–Kier alpha value is -0.120. The molecule has 3 fully saturated rings. The molecule has 18 heavy (non-hydrogen) atoms. The number of rotatable bonds is 6. The molecule has 3 heteroatoms. The zero-order chi connectivity index (χ0) is 12.5. The van der Waals surface area contributed by atoms with Gasteiger partial charge in [0.25, 0.3) is 0 Å². The zero-order valence-corrected chi connectivity index (χ0v) is 12.1. The van der Waals surface area contributed by atoms with Gasteiger partial charge in [-0.2, -0.15) is 0 Å². The van der Waals surface area contributed by atoms with Gasteiger partial charge < -0.3 is 5.32 Å². The molecular weight excluding hydrogens is 222 g/mol. The molecule has 0 aromatic rings. The molecule has 2 saturated heterocycles. The average molecular weight is 251 g/mol. The van der Waals surface area contributed by atoms with Crippen molar-refractivity contribution in [2.75, 3.05) is 26.7 Å². The van der Waals surface area contributed by atoms with Gasteiger partial charge in [-0.1, -0.05) is 6.92 Å². The number of nitrogens with one attached hydrogen (secondary N) is 1. The van der Waals surface area contributed by atoms with E-state index in [0.717, 1.165) is 24.2 Å². The van der Waals surface area contributed by atoms with Crippen LogP contribution in [-0.2, 0) is 0 Å². The lowest BCUT2D eigenvalue weighted by Crippen LogP contribution is -2.50.